The highest BCUT2D eigenvalue weighted by atomic mass is 35.5. The lowest BCUT2D eigenvalue weighted by molar-refractivity contribution is 0.00578. The predicted molar refractivity (Wildman–Crippen MR) is 110 cm³/mol. The Morgan fingerprint density at radius 1 is 0.926 bits per heavy atom. The summed E-state index contributed by atoms with van der Waals surface area (Å²) in [6.45, 7) is 8.44. The first-order chi connectivity index (χ1) is 12.6. The molecule has 1 saturated heterocycles. The van der Waals surface area contributed by atoms with Crippen LogP contribution in [0.4, 0.5) is 0 Å². The van der Waals surface area contributed by atoms with Gasteiger partial charge in [-0.05, 0) is 51.4 Å². The molecule has 0 amide bonds. The fourth-order valence-electron chi connectivity index (χ4n) is 2.76. The first kappa shape index (κ1) is 20.3. The minimum Gasteiger partial charge on any atom is -0.496 e. The van der Waals surface area contributed by atoms with Crippen LogP contribution in [0.2, 0.25) is 10.0 Å². The van der Waals surface area contributed by atoms with Gasteiger partial charge in [0.1, 0.15) is 18.1 Å². The summed E-state index contributed by atoms with van der Waals surface area (Å²) < 4.78 is 23.6. The molecular formula is C20H23BCl2O4. The topological polar surface area (TPSA) is 36.9 Å². The summed E-state index contributed by atoms with van der Waals surface area (Å²) in [5, 5.41) is 0.941. The van der Waals surface area contributed by atoms with Crippen LogP contribution in [0.1, 0.15) is 33.3 Å². The summed E-state index contributed by atoms with van der Waals surface area (Å²) in [4.78, 5) is 0. The Labute approximate surface area is 170 Å². The molecule has 2 aromatic rings. The third-order valence-corrected chi connectivity index (χ3v) is 5.85. The van der Waals surface area contributed by atoms with Gasteiger partial charge in [0, 0.05) is 11.6 Å². The van der Waals surface area contributed by atoms with E-state index in [0.717, 1.165) is 16.8 Å². The molecule has 0 bridgehead atoms. The van der Waals surface area contributed by atoms with Gasteiger partial charge in [0.15, 0.2) is 0 Å². The molecule has 0 aliphatic carbocycles. The van der Waals surface area contributed by atoms with E-state index in [9.17, 15) is 0 Å². The Hall–Kier alpha value is -1.40. The monoisotopic (exact) mass is 408 g/mol. The molecule has 0 aromatic heterocycles. The molecule has 1 fully saturated rings. The third-order valence-electron chi connectivity index (χ3n) is 5.12. The van der Waals surface area contributed by atoms with E-state index in [2.05, 4.69) is 0 Å². The standard InChI is InChI=1S/C20H23BCl2O4/c1-19(2)20(3,4)27-21(26-19)14-6-9-18(24-5)13(10-14)12-25-15-7-8-16(22)17(23)11-15/h6-11H,12H2,1-5H3. The first-order valence-corrected chi connectivity index (χ1v) is 9.49. The lowest BCUT2D eigenvalue weighted by Gasteiger charge is -2.32. The van der Waals surface area contributed by atoms with Crippen LogP contribution in [0.25, 0.3) is 0 Å². The SMILES string of the molecule is COc1ccc(B2OC(C)(C)C(C)(C)O2)cc1COc1ccc(Cl)c(Cl)c1. The lowest BCUT2D eigenvalue weighted by atomic mass is 9.78. The Kier molecular flexibility index (Phi) is 5.69. The van der Waals surface area contributed by atoms with Crippen LogP contribution >= 0.6 is 23.2 Å². The number of benzene rings is 2. The summed E-state index contributed by atoms with van der Waals surface area (Å²) in [6, 6.07) is 11.0. The molecule has 3 rings (SSSR count). The van der Waals surface area contributed by atoms with Crippen molar-refractivity contribution in [2.45, 2.75) is 45.5 Å². The molecule has 1 aliphatic heterocycles. The number of hydrogen-bond acceptors (Lipinski definition) is 4. The minimum atomic E-state index is -0.440. The zero-order chi connectivity index (χ0) is 19.8. The van der Waals surface area contributed by atoms with Crippen molar-refractivity contribution in [3.05, 3.63) is 52.0 Å². The van der Waals surface area contributed by atoms with Gasteiger partial charge >= 0.3 is 7.12 Å². The highest BCUT2D eigenvalue weighted by Crippen LogP contribution is 2.36. The van der Waals surface area contributed by atoms with Gasteiger partial charge < -0.3 is 18.8 Å². The molecule has 2 aromatic carbocycles. The summed E-state index contributed by atoms with van der Waals surface area (Å²) in [5.41, 5.74) is 1.01. The molecule has 7 heteroatoms. The molecule has 144 valence electrons. The highest BCUT2D eigenvalue weighted by Gasteiger charge is 2.51. The highest BCUT2D eigenvalue weighted by molar-refractivity contribution is 6.62. The smallest absolute Gasteiger partial charge is 0.494 e. The predicted octanol–water partition coefficient (Wildman–Crippen LogP) is 4.88. The van der Waals surface area contributed by atoms with Gasteiger partial charge in [-0.3, -0.25) is 0 Å². The Balaban J connectivity index is 1.81. The van der Waals surface area contributed by atoms with Gasteiger partial charge in [0.2, 0.25) is 0 Å². The van der Waals surface area contributed by atoms with Gasteiger partial charge in [0.05, 0.1) is 28.4 Å². The maximum atomic E-state index is 6.13. The molecule has 0 unspecified atom stereocenters. The number of halogens is 2. The van der Waals surface area contributed by atoms with E-state index in [4.69, 9.17) is 42.0 Å². The lowest BCUT2D eigenvalue weighted by Crippen LogP contribution is -2.41. The second-order valence-electron chi connectivity index (χ2n) is 7.52. The van der Waals surface area contributed by atoms with Crippen molar-refractivity contribution in [1.29, 1.82) is 0 Å². The summed E-state index contributed by atoms with van der Waals surface area (Å²) in [5.74, 6) is 1.36. The van der Waals surface area contributed by atoms with Crippen molar-refractivity contribution in [2.24, 2.45) is 0 Å². The zero-order valence-electron chi connectivity index (χ0n) is 16.1. The van der Waals surface area contributed by atoms with E-state index in [0.29, 0.717) is 22.4 Å². The van der Waals surface area contributed by atoms with Crippen LogP contribution in [0.15, 0.2) is 36.4 Å². The number of hydrogen-bond donors (Lipinski definition) is 0. The number of ether oxygens (including phenoxy) is 2. The molecule has 1 aliphatic rings. The van der Waals surface area contributed by atoms with E-state index in [1.165, 1.54) is 0 Å². The molecule has 0 N–H and O–H groups in total. The van der Waals surface area contributed by atoms with Crippen LogP contribution in [0.3, 0.4) is 0 Å². The maximum absolute atomic E-state index is 6.13. The molecular weight excluding hydrogens is 386 g/mol. The average molecular weight is 409 g/mol. The van der Waals surface area contributed by atoms with Crippen molar-refractivity contribution in [1.82, 2.24) is 0 Å². The van der Waals surface area contributed by atoms with Crippen molar-refractivity contribution in [3.8, 4) is 11.5 Å². The van der Waals surface area contributed by atoms with E-state index in [1.54, 1.807) is 25.3 Å². The molecule has 0 atom stereocenters. The summed E-state index contributed by atoms with van der Waals surface area (Å²) in [6.07, 6.45) is 0. The summed E-state index contributed by atoms with van der Waals surface area (Å²) in [7, 11) is 1.19. The Morgan fingerprint density at radius 2 is 1.59 bits per heavy atom. The quantitative estimate of drug-likeness (QED) is 0.660. The maximum Gasteiger partial charge on any atom is 0.494 e. The average Bonchev–Trinajstić information content (AvgIpc) is 2.83. The molecule has 4 nitrogen and oxygen atoms in total. The van der Waals surface area contributed by atoms with Crippen molar-refractivity contribution in [2.75, 3.05) is 7.11 Å². The molecule has 27 heavy (non-hydrogen) atoms. The van der Waals surface area contributed by atoms with E-state index < -0.39 is 18.3 Å². The zero-order valence-corrected chi connectivity index (χ0v) is 17.6. The normalized spacial score (nSPS) is 17.8. The van der Waals surface area contributed by atoms with Crippen molar-refractivity contribution in [3.63, 3.8) is 0 Å². The fourth-order valence-corrected chi connectivity index (χ4v) is 3.05. The summed E-state index contributed by atoms with van der Waals surface area (Å²) >= 11 is 12.0. The fraction of sp³-hybridized carbons (Fsp3) is 0.400. The second-order valence-corrected chi connectivity index (χ2v) is 8.34. The second kappa shape index (κ2) is 7.55. The van der Waals surface area contributed by atoms with Crippen LogP contribution in [0, 0.1) is 0 Å². The Bertz CT molecular complexity index is 823. The first-order valence-electron chi connectivity index (χ1n) is 8.73. The van der Waals surface area contributed by atoms with Crippen LogP contribution in [-0.4, -0.2) is 25.4 Å². The van der Waals surface area contributed by atoms with Crippen molar-refractivity contribution >= 4 is 35.8 Å². The van der Waals surface area contributed by atoms with Crippen LogP contribution in [0.5, 0.6) is 11.5 Å². The van der Waals surface area contributed by atoms with Crippen LogP contribution in [-0.2, 0) is 15.9 Å². The van der Waals surface area contributed by atoms with E-state index >= 15 is 0 Å². The molecule has 0 radical (unpaired) electrons. The third kappa shape index (κ3) is 4.22. The van der Waals surface area contributed by atoms with Crippen LogP contribution < -0.4 is 14.9 Å². The van der Waals surface area contributed by atoms with Gasteiger partial charge in [-0.1, -0.05) is 35.3 Å². The number of rotatable bonds is 5. The van der Waals surface area contributed by atoms with E-state index in [1.807, 2.05) is 45.9 Å². The number of methoxy groups -OCH3 is 1. The van der Waals surface area contributed by atoms with Gasteiger partial charge in [-0.15, -0.1) is 0 Å². The molecule has 1 heterocycles. The van der Waals surface area contributed by atoms with Gasteiger partial charge in [-0.2, -0.15) is 0 Å². The van der Waals surface area contributed by atoms with Gasteiger partial charge in [-0.25, -0.2) is 0 Å². The minimum absolute atomic E-state index is 0.314. The molecule has 0 saturated carbocycles. The largest absolute Gasteiger partial charge is 0.496 e. The van der Waals surface area contributed by atoms with Gasteiger partial charge in [0.25, 0.3) is 0 Å². The van der Waals surface area contributed by atoms with E-state index in [-0.39, 0.29) is 0 Å². The Morgan fingerprint density at radius 3 is 2.19 bits per heavy atom. The molecule has 0 spiro atoms. The van der Waals surface area contributed by atoms with Crippen molar-refractivity contribution < 1.29 is 18.8 Å².